The molecule has 0 heterocycles. The summed E-state index contributed by atoms with van der Waals surface area (Å²) in [5, 5.41) is 3.20. The zero-order valence-electron chi connectivity index (χ0n) is 14.1. The first kappa shape index (κ1) is 19.9. The van der Waals surface area contributed by atoms with Crippen LogP contribution in [0.15, 0.2) is 0 Å². The van der Waals surface area contributed by atoms with Gasteiger partial charge in [0.25, 0.3) is 0 Å². The van der Waals surface area contributed by atoms with Gasteiger partial charge in [-0.3, -0.25) is 5.32 Å². The van der Waals surface area contributed by atoms with Crippen LogP contribution in [0.25, 0.3) is 0 Å². The Morgan fingerprint density at radius 2 is 1.05 bits per heavy atom. The number of hydrogen-bond donors (Lipinski definition) is 3. The Morgan fingerprint density at radius 3 is 1.45 bits per heavy atom. The molecule has 0 aromatic carbocycles. The van der Waals surface area contributed by atoms with Crippen molar-refractivity contribution in [3.63, 3.8) is 0 Å². The quantitative estimate of drug-likeness (QED) is 0.311. The third-order valence-corrected chi connectivity index (χ3v) is 4.07. The number of unbranched alkanes of at least 4 members (excludes halogenated alkanes) is 11. The Balaban J connectivity index is 3.06. The van der Waals surface area contributed by atoms with Crippen LogP contribution in [0.5, 0.6) is 0 Å². The molecule has 0 saturated carbocycles. The van der Waals surface area contributed by atoms with E-state index in [1.54, 1.807) is 0 Å². The van der Waals surface area contributed by atoms with Crippen molar-refractivity contribution >= 4 is 0 Å². The van der Waals surface area contributed by atoms with Crippen molar-refractivity contribution in [3.05, 3.63) is 0 Å². The summed E-state index contributed by atoms with van der Waals surface area (Å²) >= 11 is 0. The predicted octanol–water partition coefficient (Wildman–Crippen LogP) is 4.26. The van der Waals surface area contributed by atoms with Crippen LogP contribution < -0.4 is 16.8 Å². The molecule has 0 amide bonds. The summed E-state index contributed by atoms with van der Waals surface area (Å²) in [6, 6.07) is 0. The second-order valence-electron chi connectivity index (χ2n) is 6.21. The first-order valence-corrected chi connectivity index (χ1v) is 8.95. The maximum Gasteiger partial charge on any atom is 0.118 e. The monoisotopic (exact) mass is 285 g/mol. The van der Waals surface area contributed by atoms with Gasteiger partial charge in [-0.15, -0.1) is 0 Å². The lowest BCUT2D eigenvalue weighted by molar-refractivity contribution is 0.331. The van der Waals surface area contributed by atoms with E-state index in [1.165, 1.54) is 77.0 Å². The second-order valence-corrected chi connectivity index (χ2v) is 6.21. The molecule has 0 aromatic heterocycles. The summed E-state index contributed by atoms with van der Waals surface area (Å²) in [7, 11) is 0. The van der Waals surface area contributed by atoms with Crippen molar-refractivity contribution in [2.75, 3.05) is 6.54 Å². The van der Waals surface area contributed by atoms with Crippen LogP contribution in [0.2, 0.25) is 0 Å². The van der Waals surface area contributed by atoms with Crippen LogP contribution in [0, 0.1) is 0 Å². The lowest BCUT2D eigenvalue weighted by atomic mass is 10.1. The van der Waals surface area contributed by atoms with Crippen molar-refractivity contribution in [3.8, 4) is 0 Å². The molecule has 0 aliphatic rings. The van der Waals surface area contributed by atoms with Gasteiger partial charge in [-0.2, -0.15) is 0 Å². The third-order valence-electron chi connectivity index (χ3n) is 4.07. The van der Waals surface area contributed by atoms with Crippen LogP contribution in [0.1, 0.15) is 97.3 Å². The predicted molar refractivity (Wildman–Crippen MR) is 90.5 cm³/mol. The van der Waals surface area contributed by atoms with Crippen molar-refractivity contribution in [2.45, 2.75) is 103 Å². The first-order chi connectivity index (χ1) is 9.62. The van der Waals surface area contributed by atoms with Gasteiger partial charge in [-0.05, 0) is 19.4 Å². The van der Waals surface area contributed by atoms with Crippen molar-refractivity contribution in [1.82, 2.24) is 5.32 Å². The summed E-state index contributed by atoms with van der Waals surface area (Å²) in [6.45, 7) is 5.23. The van der Waals surface area contributed by atoms with Gasteiger partial charge in [0, 0.05) is 0 Å². The molecular formula is C17H39N3. The van der Waals surface area contributed by atoms with Crippen LogP contribution in [0.3, 0.4) is 0 Å². The van der Waals surface area contributed by atoms with Gasteiger partial charge in [0.05, 0.1) is 0 Å². The molecule has 20 heavy (non-hydrogen) atoms. The van der Waals surface area contributed by atoms with E-state index in [2.05, 4.69) is 12.2 Å². The maximum absolute atomic E-state index is 5.82. The fraction of sp³-hybridized carbons (Fsp3) is 1.00. The lowest BCUT2D eigenvalue weighted by Gasteiger charge is -2.24. The van der Waals surface area contributed by atoms with Gasteiger partial charge in [-0.1, -0.05) is 84.5 Å². The van der Waals surface area contributed by atoms with Gasteiger partial charge in [0.2, 0.25) is 0 Å². The molecule has 0 fully saturated rings. The highest BCUT2D eigenvalue weighted by molar-refractivity contribution is 4.70. The van der Waals surface area contributed by atoms with Crippen molar-refractivity contribution in [1.29, 1.82) is 0 Å². The van der Waals surface area contributed by atoms with Gasteiger partial charge in [0.1, 0.15) is 5.79 Å². The summed E-state index contributed by atoms with van der Waals surface area (Å²) in [5.41, 5.74) is 11.6. The van der Waals surface area contributed by atoms with Crippen LogP contribution in [-0.2, 0) is 0 Å². The van der Waals surface area contributed by atoms with Crippen LogP contribution >= 0.6 is 0 Å². The van der Waals surface area contributed by atoms with E-state index in [1.807, 2.05) is 6.92 Å². The fourth-order valence-corrected chi connectivity index (χ4v) is 2.41. The van der Waals surface area contributed by atoms with E-state index < -0.39 is 5.79 Å². The van der Waals surface area contributed by atoms with E-state index in [0.29, 0.717) is 0 Å². The molecule has 3 nitrogen and oxygen atoms in total. The molecule has 0 aliphatic carbocycles. The third kappa shape index (κ3) is 14.3. The lowest BCUT2D eigenvalue weighted by Crippen LogP contribution is -2.60. The molecule has 0 aromatic rings. The van der Waals surface area contributed by atoms with Gasteiger partial charge in [0.15, 0.2) is 0 Å². The average Bonchev–Trinajstić information content (AvgIpc) is 2.44. The Labute approximate surface area is 127 Å². The summed E-state index contributed by atoms with van der Waals surface area (Å²) in [4.78, 5) is 0. The molecule has 0 rings (SSSR count). The Kier molecular flexibility index (Phi) is 13.8. The second kappa shape index (κ2) is 13.8. The molecule has 0 saturated heterocycles. The van der Waals surface area contributed by atoms with Crippen molar-refractivity contribution < 1.29 is 0 Å². The first-order valence-electron chi connectivity index (χ1n) is 8.95. The largest absolute Gasteiger partial charge is 0.301 e. The average molecular weight is 286 g/mol. The topological polar surface area (TPSA) is 64.1 Å². The normalized spacial score (nSPS) is 12.0. The minimum atomic E-state index is -0.669. The van der Waals surface area contributed by atoms with E-state index >= 15 is 0 Å². The highest BCUT2D eigenvalue weighted by Crippen LogP contribution is 2.11. The fourth-order valence-electron chi connectivity index (χ4n) is 2.41. The van der Waals surface area contributed by atoms with Gasteiger partial charge >= 0.3 is 0 Å². The summed E-state index contributed by atoms with van der Waals surface area (Å²) < 4.78 is 0. The van der Waals surface area contributed by atoms with Crippen LogP contribution in [-0.4, -0.2) is 12.3 Å². The Hall–Kier alpha value is -0.120. The zero-order valence-corrected chi connectivity index (χ0v) is 14.1. The number of nitrogens with two attached hydrogens (primary N) is 2. The van der Waals surface area contributed by atoms with E-state index in [9.17, 15) is 0 Å². The Morgan fingerprint density at radius 1 is 0.650 bits per heavy atom. The standard InChI is InChI=1S/C17H39N3/c1-3-5-6-7-8-9-10-11-12-13-14-15-16-20-17(18,19)4-2/h20H,3-16,18-19H2,1-2H3. The summed E-state index contributed by atoms with van der Waals surface area (Å²) in [5.74, 6) is -0.669. The molecule has 0 aliphatic heterocycles. The van der Waals surface area contributed by atoms with Crippen molar-refractivity contribution in [2.24, 2.45) is 11.5 Å². The molecule has 0 atom stereocenters. The smallest absolute Gasteiger partial charge is 0.118 e. The Bertz CT molecular complexity index is 193. The molecule has 3 heteroatoms. The molecule has 5 N–H and O–H groups in total. The molecule has 0 radical (unpaired) electrons. The van der Waals surface area contributed by atoms with E-state index in [-0.39, 0.29) is 0 Å². The minimum absolute atomic E-state index is 0.669. The molecule has 0 bridgehead atoms. The van der Waals surface area contributed by atoms with Crippen LogP contribution in [0.4, 0.5) is 0 Å². The van der Waals surface area contributed by atoms with E-state index in [0.717, 1.165) is 13.0 Å². The molecular weight excluding hydrogens is 246 g/mol. The molecule has 0 spiro atoms. The van der Waals surface area contributed by atoms with Gasteiger partial charge < -0.3 is 11.5 Å². The maximum atomic E-state index is 5.82. The number of hydrogen-bond acceptors (Lipinski definition) is 3. The highest BCUT2D eigenvalue weighted by Gasteiger charge is 2.13. The highest BCUT2D eigenvalue weighted by atomic mass is 15.2. The number of rotatable bonds is 15. The van der Waals surface area contributed by atoms with E-state index in [4.69, 9.17) is 11.5 Å². The zero-order chi connectivity index (χ0) is 15.1. The molecule has 0 unspecified atom stereocenters. The number of nitrogens with one attached hydrogen (secondary N) is 1. The minimum Gasteiger partial charge on any atom is -0.301 e. The van der Waals surface area contributed by atoms with Gasteiger partial charge in [-0.25, -0.2) is 0 Å². The molecule has 122 valence electrons. The summed E-state index contributed by atoms with van der Waals surface area (Å²) in [6.07, 6.45) is 17.3. The SMILES string of the molecule is CCCCCCCCCCCCCCNC(N)(N)CC.